The Bertz CT molecular complexity index is 826. The minimum absolute atomic E-state index is 0.224. The Kier molecular flexibility index (Phi) is 9.04. The third-order valence-electron chi connectivity index (χ3n) is 5.58. The van der Waals surface area contributed by atoms with Gasteiger partial charge in [-0.05, 0) is 55.0 Å². The molecule has 1 aliphatic rings. The second-order valence-corrected chi connectivity index (χ2v) is 8.15. The molecular formula is C26H33FO4. The van der Waals surface area contributed by atoms with E-state index in [-0.39, 0.29) is 18.1 Å². The number of esters is 1. The molecule has 2 aromatic carbocycles. The first kappa shape index (κ1) is 23.4. The average Bonchev–Trinajstić information content (AvgIpc) is 2.79. The van der Waals surface area contributed by atoms with Gasteiger partial charge >= 0.3 is 5.97 Å². The van der Waals surface area contributed by atoms with Crippen molar-refractivity contribution in [3.8, 4) is 16.9 Å². The number of rotatable bonds is 10. The van der Waals surface area contributed by atoms with Crippen molar-refractivity contribution in [2.24, 2.45) is 5.92 Å². The van der Waals surface area contributed by atoms with Gasteiger partial charge in [0, 0.05) is 5.56 Å². The number of benzene rings is 2. The maximum Gasteiger partial charge on any atom is 0.319 e. The number of carbonyl (C=O) groups excluding carboxylic acids is 1. The molecular weight excluding hydrogens is 395 g/mol. The summed E-state index contributed by atoms with van der Waals surface area (Å²) in [5.74, 6) is -0.608. The summed E-state index contributed by atoms with van der Waals surface area (Å²) in [6.45, 7) is 4.90. The van der Waals surface area contributed by atoms with Crippen LogP contribution in [0.1, 0.15) is 57.9 Å². The first-order chi connectivity index (χ1) is 15.1. The fourth-order valence-electron chi connectivity index (χ4n) is 3.64. The highest BCUT2D eigenvalue weighted by Crippen LogP contribution is 2.27. The predicted molar refractivity (Wildman–Crippen MR) is 119 cm³/mol. The highest BCUT2D eigenvalue weighted by atomic mass is 19.1. The van der Waals surface area contributed by atoms with Crippen LogP contribution in [0.5, 0.6) is 5.75 Å². The first-order valence-corrected chi connectivity index (χ1v) is 11.4. The minimum atomic E-state index is -0.435. The second kappa shape index (κ2) is 12.0. The van der Waals surface area contributed by atoms with E-state index in [1.165, 1.54) is 0 Å². The lowest BCUT2D eigenvalue weighted by Crippen LogP contribution is -2.38. The van der Waals surface area contributed by atoms with Gasteiger partial charge in [0.1, 0.15) is 17.5 Å². The molecule has 0 atom stereocenters. The van der Waals surface area contributed by atoms with Crippen molar-refractivity contribution in [3.63, 3.8) is 0 Å². The van der Waals surface area contributed by atoms with Crippen LogP contribution in [0.2, 0.25) is 0 Å². The number of ether oxygens (including phenoxy) is 3. The quantitative estimate of drug-likeness (QED) is 0.253. The van der Waals surface area contributed by atoms with E-state index < -0.39 is 5.92 Å². The lowest BCUT2D eigenvalue weighted by Gasteiger charge is -2.28. The molecule has 0 aliphatic carbocycles. The topological polar surface area (TPSA) is 44.8 Å². The van der Waals surface area contributed by atoms with Crippen LogP contribution in [0.3, 0.4) is 0 Å². The van der Waals surface area contributed by atoms with E-state index in [1.807, 2.05) is 12.1 Å². The van der Waals surface area contributed by atoms with Gasteiger partial charge in [-0.2, -0.15) is 0 Å². The number of hydrogen-bond acceptors (Lipinski definition) is 4. The highest BCUT2D eigenvalue weighted by molar-refractivity contribution is 5.76. The molecule has 0 amide bonds. The van der Waals surface area contributed by atoms with Crippen molar-refractivity contribution in [2.75, 3.05) is 13.2 Å². The predicted octanol–water partition coefficient (Wildman–Crippen LogP) is 6.31. The largest absolute Gasteiger partial charge is 0.426 e. The molecule has 1 fully saturated rings. The number of carbonyl (C=O) groups is 1. The number of hydrogen-bond donors (Lipinski definition) is 0. The molecule has 0 unspecified atom stereocenters. The zero-order valence-electron chi connectivity index (χ0n) is 18.6. The van der Waals surface area contributed by atoms with E-state index >= 15 is 0 Å². The van der Waals surface area contributed by atoms with Crippen molar-refractivity contribution < 1.29 is 23.4 Å². The minimum Gasteiger partial charge on any atom is -0.426 e. The Labute approximate surface area is 184 Å². The second-order valence-electron chi connectivity index (χ2n) is 8.15. The van der Waals surface area contributed by atoms with Gasteiger partial charge in [-0.1, -0.05) is 57.4 Å². The molecule has 5 heteroatoms. The fraction of sp³-hybridized carbons (Fsp3) is 0.500. The summed E-state index contributed by atoms with van der Waals surface area (Å²) < 4.78 is 31.3. The van der Waals surface area contributed by atoms with Crippen molar-refractivity contribution in [2.45, 2.75) is 65.1 Å². The smallest absolute Gasteiger partial charge is 0.319 e. The lowest BCUT2D eigenvalue weighted by atomic mass is 10.0. The zero-order valence-corrected chi connectivity index (χ0v) is 18.6. The summed E-state index contributed by atoms with van der Waals surface area (Å²) in [7, 11) is 0. The molecule has 0 aromatic heterocycles. The standard InChI is InChI=1S/C26H33FO4/c1-3-5-7-9-25-29-17-21(18-30-25)26(28)31-22-13-11-20(12-14-22)23-15-10-19(8-6-4-2)16-24(23)27/h10-16,21,25H,3-9,17-18H2,1-2H3. The molecule has 168 valence electrons. The van der Waals surface area contributed by atoms with Crippen LogP contribution in [-0.2, 0) is 20.7 Å². The molecule has 1 saturated heterocycles. The van der Waals surface area contributed by atoms with Crippen LogP contribution in [0.4, 0.5) is 4.39 Å². The molecule has 0 N–H and O–H groups in total. The van der Waals surface area contributed by atoms with Crippen LogP contribution < -0.4 is 4.74 Å². The Morgan fingerprint density at radius 1 is 1.00 bits per heavy atom. The zero-order chi connectivity index (χ0) is 22.1. The van der Waals surface area contributed by atoms with Crippen LogP contribution in [-0.4, -0.2) is 25.5 Å². The highest BCUT2D eigenvalue weighted by Gasteiger charge is 2.29. The van der Waals surface area contributed by atoms with E-state index in [4.69, 9.17) is 14.2 Å². The Morgan fingerprint density at radius 2 is 1.71 bits per heavy atom. The van der Waals surface area contributed by atoms with Gasteiger partial charge in [0.2, 0.25) is 0 Å². The van der Waals surface area contributed by atoms with Crippen LogP contribution in [0, 0.1) is 11.7 Å². The monoisotopic (exact) mass is 428 g/mol. The summed E-state index contributed by atoms with van der Waals surface area (Å²) in [5.41, 5.74) is 2.30. The number of unbranched alkanes of at least 4 members (excludes halogenated alkanes) is 3. The molecule has 1 aliphatic heterocycles. The van der Waals surface area contributed by atoms with Gasteiger partial charge in [0.05, 0.1) is 13.2 Å². The number of aryl methyl sites for hydroxylation is 1. The van der Waals surface area contributed by atoms with E-state index in [2.05, 4.69) is 13.8 Å². The van der Waals surface area contributed by atoms with Gasteiger partial charge in [-0.15, -0.1) is 0 Å². The summed E-state index contributed by atoms with van der Waals surface area (Å²) in [5, 5.41) is 0. The molecule has 0 saturated carbocycles. The molecule has 31 heavy (non-hydrogen) atoms. The fourth-order valence-corrected chi connectivity index (χ4v) is 3.64. The third kappa shape index (κ3) is 6.88. The van der Waals surface area contributed by atoms with Crippen molar-refractivity contribution in [3.05, 3.63) is 53.8 Å². The summed E-state index contributed by atoms with van der Waals surface area (Å²) >= 11 is 0. The van der Waals surface area contributed by atoms with Crippen LogP contribution in [0.15, 0.2) is 42.5 Å². The van der Waals surface area contributed by atoms with Crippen molar-refractivity contribution >= 4 is 5.97 Å². The molecule has 1 heterocycles. The molecule has 2 aromatic rings. The summed E-state index contributed by atoms with van der Waals surface area (Å²) in [4.78, 5) is 12.4. The van der Waals surface area contributed by atoms with Crippen molar-refractivity contribution in [1.29, 1.82) is 0 Å². The maximum atomic E-state index is 14.5. The van der Waals surface area contributed by atoms with Crippen LogP contribution >= 0.6 is 0 Å². The number of halogens is 1. The van der Waals surface area contributed by atoms with E-state index in [0.717, 1.165) is 56.1 Å². The van der Waals surface area contributed by atoms with Gasteiger partial charge in [0.15, 0.2) is 6.29 Å². The van der Waals surface area contributed by atoms with E-state index in [0.29, 0.717) is 24.5 Å². The third-order valence-corrected chi connectivity index (χ3v) is 5.58. The average molecular weight is 429 g/mol. The molecule has 0 bridgehead atoms. The van der Waals surface area contributed by atoms with E-state index in [9.17, 15) is 9.18 Å². The van der Waals surface area contributed by atoms with E-state index in [1.54, 1.807) is 30.3 Å². The van der Waals surface area contributed by atoms with Crippen molar-refractivity contribution in [1.82, 2.24) is 0 Å². The Balaban J connectivity index is 1.52. The normalized spacial score (nSPS) is 18.7. The summed E-state index contributed by atoms with van der Waals surface area (Å²) in [6.07, 6.45) is 7.01. The van der Waals surface area contributed by atoms with Gasteiger partial charge < -0.3 is 14.2 Å². The SMILES string of the molecule is CCCCCC1OCC(C(=O)Oc2ccc(-c3ccc(CCCC)cc3F)cc2)CO1. The maximum absolute atomic E-state index is 14.5. The Morgan fingerprint density at radius 3 is 2.35 bits per heavy atom. The van der Waals surface area contributed by atoms with Gasteiger partial charge in [0.25, 0.3) is 0 Å². The molecule has 4 nitrogen and oxygen atoms in total. The Hall–Kier alpha value is -2.24. The van der Waals surface area contributed by atoms with Crippen LogP contribution in [0.25, 0.3) is 11.1 Å². The molecule has 3 rings (SSSR count). The molecule has 0 spiro atoms. The molecule has 0 radical (unpaired) electrons. The van der Waals surface area contributed by atoms with Gasteiger partial charge in [-0.3, -0.25) is 4.79 Å². The summed E-state index contributed by atoms with van der Waals surface area (Å²) in [6, 6.07) is 12.3. The van der Waals surface area contributed by atoms with Gasteiger partial charge in [-0.25, -0.2) is 4.39 Å². The lowest BCUT2D eigenvalue weighted by molar-refractivity contribution is -0.208. The first-order valence-electron chi connectivity index (χ1n) is 11.4.